The molecule has 0 unspecified atom stereocenters. The van der Waals surface area contributed by atoms with Crippen molar-refractivity contribution in [1.82, 2.24) is 0 Å². The first-order valence-electron chi connectivity index (χ1n) is 5.83. The Balaban J connectivity index is 5.27. The molecule has 0 atom stereocenters. The highest BCUT2D eigenvalue weighted by Crippen LogP contribution is 2.49. The van der Waals surface area contributed by atoms with E-state index in [1.54, 1.807) is 6.92 Å². The lowest BCUT2D eigenvalue weighted by molar-refractivity contribution is -0.326. The van der Waals surface area contributed by atoms with Gasteiger partial charge in [-0.3, -0.25) is 9.59 Å². The molecule has 0 aromatic heterocycles. The second kappa shape index (κ2) is 6.69. The van der Waals surface area contributed by atoms with Crippen molar-refractivity contribution in [3.05, 3.63) is 0 Å². The molecule has 0 aliphatic carbocycles. The molecular formula is C11H12F8O2. The Labute approximate surface area is 114 Å². The van der Waals surface area contributed by atoms with Gasteiger partial charge in [-0.1, -0.05) is 19.8 Å². The van der Waals surface area contributed by atoms with Gasteiger partial charge in [0.2, 0.25) is 5.78 Å². The first kappa shape index (κ1) is 19.8. The molecular weight excluding hydrogens is 316 g/mol. The Morgan fingerprint density at radius 2 is 1.43 bits per heavy atom. The lowest BCUT2D eigenvalue weighted by Gasteiger charge is -2.30. The Bertz CT molecular complexity index is 392. The molecule has 0 spiro atoms. The first-order chi connectivity index (χ1) is 9.34. The number of unbranched alkanes of at least 4 members (excludes halogenated alkanes) is 2. The number of ketones is 2. The number of hydrogen-bond donors (Lipinski definition) is 0. The van der Waals surface area contributed by atoms with Gasteiger partial charge in [0.05, 0.1) is 0 Å². The van der Waals surface area contributed by atoms with Gasteiger partial charge in [-0.25, -0.2) is 8.78 Å². The van der Waals surface area contributed by atoms with Gasteiger partial charge in [-0.05, 0) is 6.42 Å². The maximum atomic E-state index is 13.1. The highest BCUT2D eigenvalue weighted by molar-refractivity contribution is 6.40. The quantitative estimate of drug-likeness (QED) is 0.366. The third-order valence-corrected chi connectivity index (χ3v) is 2.63. The SMILES string of the molecule is CCCCCC(=O)C(=O)C(F)(F)C(F)(F)C(F)(F)C(F)F. The van der Waals surface area contributed by atoms with Crippen molar-refractivity contribution < 1.29 is 44.7 Å². The Morgan fingerprint density at radius 1 is 0.952 bits per heavy atom. The molecule has 0 amide bonds. The van der Waals surface area contributed by atoms with Gasteiger partial charge in [-0.15, -0.1) is 0 Å². The van der Waals surface area contributed by atoms with E-state index in [-0.39, 0.29) is 6.42 Å². The summed E-state index contributed by atoms with van der Waals surface area (Å²) < 4.78 is 101. The minimum atomic E-state index is -6.67. The predicted octanol–water partition coefficient (Wildman–Crippen LogP) is 3.88. The molecule has 0 heterocycles. The van der Waals surface area contributed by atoms with E-state index >= 15 is 0 Å². The van der Waals surface area contributed by atoms with Crippen molar-refractivity contribution in [1.29, 1.82) is 0 Å². The summed E-state index contributed by atoms with van der Waals surface area (Å²) in [4.78, 5) is 21.9. The molecule has 0 saturated heterocycles. The molecule has 0 rings (SSSR count). The van der Waals surface area contributed by atoms with Gasteiger partial charge in [0.25, 0.3) is 5.78 Å². The smallest absolute Gasteiger partial charge is 0.291 e. The van der Waals surface area contributed by atoms with Crippen LogP contribution >= 0.6 is 0 Å². The Morgan fingerprint density at radius 3 is 1.81 bits per heavy atom. The van der Waals surface area contributed by atoms with Crippen molar-refractivity contribution in [2.45, 2.75) is 56.8 Å². The van der Waals surface area contributed by atoms with Gasteiger partial charge in [0, 0.05) is 6.42 Å². The summed E-state index contributed by atoms with van der Waals surface area (Å²) in [6, 6.07) is 0. The van der Waals surface area contributed by atoms with Crippen molar-refractivity contribution >= 4 is 11.6 Å². The number of alkyl halides is 8. The fourth-order valence-electron chi connectivity index (χ4n) is 1.31. The average Bonchev–Trinajstić information content (AvgIpc) is 2.37. The van der Waals surface area contributed by atoms with E-state index in [0.717, 1.165) is 0 Å². The molecule has 21 heavy (non-hydrogen) atoms. The van der Waals surface area contributed by atoms with E-state index in [4.69, 9.17) is 0 Å². The van der Waals surface area contributed by atoms with Crippen LogP contribution in [0.15, 0.2) is 0 Å². The summed E-state index contributed by atoms with van der Waals surface area (Å²) in [7, 11) is 0. The number of carbonyl (C=O) groups is 2. The van der Waals surface area contributed by atoms with Crippen molar-refractivity contribution in [2.75, 3.05) is 0 Å². The van der Waals surface area contributed by atoms with Crippen molar-refractivity contribution in [3.63, 3.8) is 0 Å². The van der Waals surface area contributed by atoms with Crippen molar-refractivity contribution in [3.8, 4) is 0 Å². The second-order valence-electron chi connectivity index (χ2n) is 4.28. The topological polar surface area (TPSA) is 34.1 Å². The van der Waals surface area contributed by atoms with Crippen LogP contribution in [0.2, 0.25) is 0 Å². The Hall–Kier alpha value is -1.22. The van der Waals surface area contributed by atoms with E-state index in [0.29, 0.717) is 12.8 Å². The van der Waals surface area contributed by atoms with Crippen LogP contribution in [0.3, 0.4) is 0 Å². The zero-order valence-corrected chi connectivity index (χ0v) is 10.7. The molecule has 0 aliphatic heterocycles. The monoisotopic (exact) mass is 328 g/mol. The molecule has 0 aliphatic rings. The van der Waals surface area contributed by atoms with Gasteiger partial charge in [0.1, 0.15) is 0 Å². The van der Waals surface area contributed by atoms with Gasteiger partial charge in [0.15, 0.2) is 0 Å². The highest BCUT2D eigenvalue weighted by atomic mass is 19.4. The van der Waals surface area contributed by atoms with Crippen LogP contribution in [0.25, 0.3) is 0 Å². The third-order valence-electron chi connectivity index (χ3n) is 2.63. The lowest BCUT2D eigenvalue weighted by Crippen LogP contribution is -2.61. The molecule has 124 valence electrons. The lowest BCUT2D eigenvalue weighted by atomic mass is 9.96. The van der Waals surface area contributed by atoms with E-state index in [2.05, 4.69) is 0 Å². The van der Waals surface area contributed by atoms with Crippen LogP contribution in [-0.2, 0) is 9.59 Å². The van der Waals surface area contributed by atoms with Crippen LogP contribution < -0.4 is 0 Å². The van der Waals surface area contributed by atoms with Gasteiger partial charge in [-0.2, -0.15) is 26.3 Å². The number of halogens is 8. The zero-order chi connectivity index (χ0) is 17.1. The molecule has 0 fully saturated rings. The highest BCUT2D eigenvalue weighted by Gasteiger charge is 2.78. The van der Waals surface area contributed by atoms with Crippen LogP contribution in [0.4, 0.5) is 35.1 Å². The fourth-order valence-corrected chi connectivity index (χ4v) is 1.31. The second-order valence-corrected chi connectivity index (χ2v) is 4.28. The van der Waals surface area contributed by atoms with E-state index < -0.39 is 42.2 Å². The molecule has 0 N–H and O–H groups in total. The van der Waals surface area contributed by atoms with Crippen molar-refractivity contribution in [2.24, 2.45) is 0 Å². The number of Topliss-reactive ketones (excluding diaryl/α,β-unsaturated/α-hetero) is 2. The van der Waals surface area contributed by atoms with E-state index in [1.807, 2.05) is 0 Å². The Kier molecular flexibility index (Phi) is 6.31. The standard InChI is InChI=1S/C11H12F8O2/c1-2-3-4-5-6(20)7(21)9(14,15)11(18,19)10(16,17)8(12)13/h8H,2-5H2,1H3. The molecule has 2 nitrogen and oxygen atoms in total. The molecule has 0 aromatic rings. The van der Waals surface area contributed by atoms with Crippen LogP contribution in [0.1, 0.15) is 32.6 Å². The minimum absolute atomic E-state index is 0.0893. The van der Waals surface area contributed by atoms with Gasteiger partial charge < -0.3 is 0 Å². The minimum Gasteiger partial charge on any atom is -0.291 e. The summed E-state index contributed by atoms with van der Waals surface area (Å²) in [5.41, 5.74) is 0. The van der Waals surface area contributed by atoms with E-state index in [9.17, 15) is 44.7 Å². The summed E-state index contributed by atoms with van der Waals surface area (Å²) in [5, 5.41) is 0. The largest absolute Gasteiger partial charge is 0.385 e. The maximum Gasteiger partial charge on any atom is 0.385 e. The summed E-state index contributed by atoms with van der Waals surface area (Å²) in [5.74, 6) is -24.4. The summed E-state index contributed by atoms with van der Waals surface area (Å²) >= 11 is 0. The number of carbonyl (C=O) groups excluding carboxylic acids is 2. The normalized spacial score (nSPS) is 13.6. The molecule has 0 radical (unpaired) electrons. The molecule has 0 aromatic carbocycles. The molecule has 0 saturated carbocycles. The van der Waals surface area contributed by atoms with E-state index in [1.165, 1.54) is 0 Å². The fraction of sp³-hybridized carbons (Fsp3) is 0.818. The predicted molar refractivity (Wildman–Crippen MR) is 55.0 cm³/mol. The van der Waals surface area contributed by atoms with Gasteiger partial charge >= 0.3 is 24.2 Å². The summed E-state index contributed by atoms with van der Waals surface area (Å²) in [6.07, 6.45) is -5.24. The average molecular weight is 328 g/mol. The zero-order valence-electron chi connectivity index (χ0n) is 10.7. The molecule has 10 heteroatoms. The first-order valence-corrected chi connectivity index (χ1v) is 5.83. The van der Waals surface area contributed by atoms with Crippen LogP contribution in [0.5, 0.6) is 0 Å². The maximum absolute atomic E-state index is 13.1. The number of rotatable bonds is 9. The number of hydrogen-bond acceptors (Lipinski definition) is 2. The summed E-state index contributed by atoms with van der Waals surface area (Å²) in [6.45, 7) is 1.65. The van der Waals surface area contributed by atoms with Crippen LogP contribution in [-0.4, -0.2) is 35.8 Å². The molecule has 0 bridgehead atoms. The van der Waals surface area contributed by atoms with Crippen LogP contribution in [0, 0.1) is 0 Å². The third kappa shape index (κ3) is 3.70.